The lowest BCUT2D eigenvalue weighted by Crippen LogP contribution is -2.31. The smallest absolute Gasteiger partial charge is 0.240 e. The maximum absolute atomic E-state index is 9.78. The Morgan fingerprint density at radius 3 is 2.80 bits per heavy atom. The van der Waals surface area contributed by atoms with E-state index in [0.717, 1.165) is 10.2 Å². The van der Waals surface area contributed by atoms with Crippen LogP contribution in [0.3, 0.4) is 0 Å². The number of hydrogen-bond donors (Lipinski definition) is 2. The highest BCUT2D eigenvalue weighted by molar-refractivity contribution is 9.10. The van der Waals surface area contributed by atoms with Crippen LogP contribution in [0.4, 0.5) is 0 Å². The lowest BCUT2D eigenvalue weighted by atomic mass is 10.3. The fourth-order valence-electron chi connectivity index (χ4n) is 1.54. The molecule has 0 saturated carbocycles. The van der Waals surface area contributed by atoms with E-state index in [9.17, 15) is 5.11 Å². The first kappa shape index (κ1) is 15.0. The van der Waals surface area contributed by atoms with E-state index in [4.69, 9.17) is 9.26 Å². The zero-order valence-corrected chi connectivity index (χ0v) is 12.6. The van der Waals surface area contributed by atoms with Crippen molar-refractivity contribution in [3.63, 3.8) is 0 Å². The lowest BCUT2D eigenvalue weighted by molar-refractivity contribution is 0.105. The van der Waals surface area contributed by atoms with Gasteiger partial charge in [0, 0.05) is 11.0 Å². The minimum Gasteiger partial charge on any atom is -0.491 e. The van der Waals surface area contributed by atoms with E-state index in [1.54, 1.807) is 6.92 Å². The SMILES string of the molecule is Cc1noc(CNCC(O)COc2ccc(Br)cc2)n1. The molecule has 0 fully saturated rings. The zero-order valence-electron chi connectivity index (χ0n) is 11.0. The maximum Gasteiger partial charge on any atom is 0.240 e. The molecule has 0 saturated heterocycles. The quantitative estimate of drug-likeness (QED) is 0.797. The first-order chi connectivity index (χ1) is 9.63. The number of hydrogen-bond acceptors (Lipinski definition) is 6. The Labute approximate surface area is 125 Å². The van der Waals surface area contributed by atoms with Crippen molar-refractivity contribution in [2.24, 2.45) is 0 Å². The predicted molar refractivity (Wildman–Crippen MR) is 76.4 cm³/mol. The summed E-state index contributed by atoms with van der Waals surface area (Å²) in [6.45, 7) is 2.79. The molecule has 108 valence electrons. The maximum atomic E-state index is 9.78. The van der Waals surface area contributed by atoms with E-state index in [2.05, 4.69) is 31.4 Å². The van der Waals surface area contributed by atoms with E-state index in [-0.39, 0.29) is 6.61 Å². The average molecular weight is 342 g/mol. The minimum absolute atomic E-state index is 0.220. The Morgan fingerprint density at radius 2 is 2.15 bits per heavy atom. The molecule has 0 bridgehead atoms. The Hall–Kier alpha value is -1.44. The molecule has 1 unspecified atom stereocenters. The number of ether oxygens (including phenoxy) is 1. The van der Waals surface area contributed by atoms with Gasteiger partial charge in [0.2, 0.25) is 5.89 Å². The van der Waals surface area contributed by atoms with Crippen LogP contribution >= 0.6 is 15.9 Å². The van der Waals surface area contributed by atoms with Crippen molar-refractivity contribution in [3.05, 3.63) is 40.5 Å². The largest absolute Gasteiger partial charge is 0.491 e. The van der Waals surface area contributed by atoms with Gasteiger partial charge in [-0.15, -0.1) is 0 Å². The molecule has 0 radical (unpaired) electrons. The van der Waals surface area contributed by atoms with Crippen molar-refractivity contribution in [3.8, 4) is 5.75 Å². The van der Waals surface area contributed by atoms with E-state index >= 15 is 0 Å². The molecule has 1 heterocycles. The topological polar surface area (TPSA) is 80.4 Å². The third kappa shape index (κ3) is 4.92. The number of aryl methyl sites for hydroxylation is 1. The monoisotopic (exact) mass is 341 g/mol. The highest BCUT2D eigenvalue weighted by atomic mass is 79.9. The van der Waals surface area contributed by atoms with Crippen molar-refractivity contribution < 1.29 is 14.4 Å². The van der Waals surface area contributed by atoms with Gasteiger partial charge in [0.25, 0.3) is 0 Å². The molecule has 7 heteroatoms. The number of aliphatic hydroxyl groups is 1. The number of aromatic nitrogens is 2. The van der Waals surface area contributed by atoms with Crippen LogP contribution in [0.2, 0.25) is 0 Å². The molecule has 20 heavy (non-hydrogen) atoms. The molecule has 0 aliphatic carbocycles. The highest BCUT2D eigenvalue weighted by Crippen LogP contribution is 2.16. The Balaban J connectivity index is 1.65. The van der Waals surface area contributed by atoms with Gasteiger partial charge in [0.15, 0.2) is 5.82 Å². The second kappa shape index (κ2) is 7.37. The fourth-order valence-corrected chi connectivity index (χ4v) is 1.80. The summed E-state index contributed by atoms with van der Waals surface area (Å²) in [6.07, 6.45) is -0.609. The van der Waals surface area contributed by atoms with E-state index in [1.165, 1.54) is 0 Å². The molecule has 0 amide bonds. The Morgan fingerprint density at radius 1 is 1.40 bits per heavy atom. The molecule has 2 rings (SSSR count). The van der Waals surface area contributed by atoms with E-state index in [0.29, 0.717) is 24.8 Å². The van der Waals surface area contributed by atoms with Crippen LogP contribution in [0.15, 0.2) is 33.3 Å². The summed E-state index contributed by atoms with van der Waals surface area (Å²) in [5, 5.41) is 16.5. The second-order valence-corrected chi connectivity index (χ2v) is 5.20. The summed E-state index contributed by atoms with van der Waals surface area (Å²) in [5.74, 6) is 1.82. The molecular weight excluding hydrogens is 326 g/mol. The second-order valence-electron chi connectivity index (χ2n) is 4.28. The standard InChI is InChI=1S/C13H16BrN3O3/c1-9-16-13(20-17-9)7-15-6-11(18)8-19-12-4-2-10(14)3-5-12/h2-5,11,15,18H,6-8H2,1H3. The first-order valence-electron chi connectivity index (χ1n) is 6.20. The number of benzene rings is 1. The molecule has 2 aromatic rings. The number of rotatable bonds is 7. The number of nitrogens with one attached hydrogen (secondary N) is 1. The van der Waals surface area contributed by atoms with Crippen LogP contribution < -0.4 is 10.1 Å². The van der Waals surface area contributed by atoms with E-state index < -0.39 is 6.10 Å². The number of halogens is 1. The molecule has 1 aromatic heterocycles. The molecule has 2 N–H and O–H groups in total. The molecule has 0 aliphatic rings. The molecule has 1 atom stereocenters. The van der Waals surface area contributed by atoms with Crippen molar-refractivity contribution in [2.75, 3.05) is 13.2 Å². The van der Waals surface area contributed by atoms with Crippen LogP contribution in [0.25, 0.3) is 0 Å². The van der Waals surface area contributed by atoms with Crippen molar-refractivity contribution in [2.45, 2.75) is 19.6 Å². The molecular formula is C13H16BrN3O3. The van der Waals surface area contributed by atoms with Crippen LogP contribution in [-0.4, -0.2) is 34.5 Å². The Kier molecular flexibility index (Phi) is 5.51. The third-order valence-electron chi connectivity index (χ3n) is 2.48. The molecule has 6 nitrogen and oxygen atoms in total. The number of nitrogens with zero attached hydrogens (tertiary/aromatic N) is 2. The number of aliphatic hydroxyl groups excluding tert-OH is 1. The zero-order chi connectivity index (χ0) is 14.4. The molecule has 1 aromatic carbocycles. The minimum atomic E-state index is -0.609. The van der Waals surface area contributed by atoms with Crippen LogP contribution in [-0.2, 0) is 6.54 Å². The lowest BCUT2D eigenvalue weighted by Gasteiger charge is -2.12. The fraction of sp³-hybridized carbons (Fsp3) is 0.385. The highest BCUT2D eigenvalue weighted by Gasteiger charge is 2.07. The van der Waals surface area contributed by atoms with Crippen molar-refractivity contribution >= 4 is 15.9 Å². The molecule has 0 aliphatic heterocycles. The predicted octanol–water partition coefficient (Wildman–Crippen LogP) is 1.67. The first-order valence-corrected chi connectivity index (χ1v) is 6.99. The third-order valence-corrected chi connectivity index (χ3v) is 3.01. The summed E-state index contributed by atoms with van der Waals surface area (Å²) in [5.41, 5.74) is 0. The summed E-state index contributed by atoms with van der Waals surface area (Å²) < 4.78 is 11.4. The normalized spacial score (nSPS) is 12.3. The van der Waals surface area contributed by atoms with Gasteiger partial charge in [-0.3, -0.25) is 0 Å². The molecule has 0 spiro atoms. The summed E-state index contributed by atoms with van der Waals surface area (Å²) >= 11 is 3.35. The summed E-state index contributed by atoms with van der Waals surface area (Å²) in [7, 11) is 0. The van der Waals surface area contributed by atoms with Gasteiger partial charge >= 0.3 is 0 Å². The summed E-state index contributed by atoms with van der Waals surface area (Å²) in [4.78, 5) is 4.05. The van der Waals surface area contributed by atoms with Gasteiger partial charge in [0.05, 0.1) is 6.54 Å². The van der Waals surface area contributed by atoms with Crippen molar-refractivity contribution in [1.82, 2.24) is 15.5 Å². The van der Waals surface area contributed by atoms with Gasteiger partial charge in [-0.05, 0) is 31.2 Å². The van der Waals surface area contributed by atoms with E-state index in [1.807, 2.05) is 24.3 Å². The summed E-state index contributed by atoms with van der Waals surface area (Å²) in [6, 6.07) is 7.45. The van der Waals surface area contributed by atoms with Crippen LogP contribution in [0.1, 0.15) is 11.7 Å². The van der Waals surface area contributed by atoms with Gasteiger partial charge in [-0.2, -0.15) is 4.98 Å². The van der Waals surface area contributed by atoms with Gasteiger partial charge < -0.3 is 19.7 Å². The van der Waals surface area contributed by atoms with Crippen molar-refractivity contribution in [1.29, 1.82) is 0 Å². The van der Waals surface area contributed by atoms with Gasteiger partial charge in [-0.25, -0.2) is 0 Å². The Bertz CT molecular complexity index is 530. The van der Waals surface area contributed by atoms with Gasteiger partial charge in [0.1, 0.15) is 18.5 Å². The van der Waals surface area contributed by atoms with Crippen LogP contribution in [0.5, 0.6) is 5.75 Å². The average Bonchev–Trinajstić information content (AvgIpc) is 2.84. The van der Waals surface area contributed by atoms with Crippen LogP contribution in [0, 0.1) is 6.92 Å². The van der Waals surface area contributed by atoms with Gasteiger partial charge in [-0.1, -0.05) is 21.1 Å².